The van der Waals surface area contributed by atoms with E-state index in [1.165, 1.54) is 0 Å². The third-order valence-electron chi connectivity index (χ3n) is 5.22. The second-order valence-corrected chi connectivity index (χ2v) is 7.11. The number of methoxy groups -OCH3 is 3. The molecule has 0 unspecified atom stereocenters. The lowest BCUT2D eigenvalue weighted by Crippen LogP contribution is -2.43. The second-order valence-electron chi connectivity index (χ2n) is 7.11. The molecule has 0 aliphatic carbocycles. The van der Waals surface area contributed by atoms with Crippen LogP contribution in [0.5, 0.6) is 17.2 Å². The minimum Gasteiger partial charge on any atom is -0.493 e. The molecule has 1 aliphatic rings. The molecule has 30 heavy (non-hydrogen) atoms. The van der Waals surface area contributed by atoms with Gasteiger partial charge in [-0.2, -0.15) is 0 Å². The summed E-state index contributed by atoms with van der Waals surface area (Å²) in [6, 6.07) is 13.6. The van der Waals surface area contributed by atoms with E-state index < -0.39 is 0 Å². The van der Waals surface area contributed by atoms with Crippen LogP contribution >= 0.6 is 0 Å². The molecule has 7 nitrogen and oxygen atoms in total. The molecule has 3 rings (SSSR count). The third-order valence-corrected chi connectivity index (χ3v) is 5.22. The molecule has 1 N–H and O–H groups in total. The molecule has 1 amide bonds. The fraction of sp³-hybridized carbons (Fsp3) is 0.435. The molecule has 1 aliphatic heterocycles. The van der Waals surface area contributed by atoms with Crippen molar-refractivity contribution in [3.63, 3.8) is 0 Å². The van der Waals surface area contributed by atoms with Crippen LogP contribution < -0.4 is 19.5 Å². The molecule has 1 fully saturated rings. The second kappa shape index (κ2) is 10.8. The van der Waals surface area contributed by atoms with Crippen molar-refractivity contribution in [1.29, 1.82) is 0 Å². The molecule has 2 aromatic rings. The van der Waals surface area contributed by atoms with Crippen molar-refractivity contribution in [2.45, 2.75) is 12.5 Å². The van der Waals surface area contributed by atoms with Gasteiger partial charge in [-0.15, -0.1) is 0 Å². The maximum atomic E-state index is 13.0. The van der Waals surface area contributed by atoms with Crippen LogP contribution in [0, 0.1) is 0 Å². The van der Waals surface area contributed by atoms with Gasteiger partial charge in [-0.25, -0.2) is 0 Å². The Kier molecular flexibility index (Phi) is 7.93. The third kappa shape index (κ3) is 5.43. The van der Waals surface area contributed by atoms with E-state index in [1.54, 1.807) is 27.4 Å². The highest BCUT2D eigenvalue weighted by Gasteiger charge is 2.22. The molecule has 7 heteroatoms. The number of nitrogens with zero attached hydrogens (tertiary/aromatic N) is 1. The molecular formula is C23H30N2O5. The average Bonchev–Trinajstić information content (AvgIpc) is 2.79. The Bertz CT molecular complexity index is 822. The van der Waals surface area contributed by atoms with Crippen LogP contribution in [0.4, 0.5) is 0 Å². The summed E-state index contributed by atoms with van der Waals surface area (Å²) in [4.78, 5) is 15.3. The van der Waals surface area contributed by atoms with Crippen molar-refractivity contribution in [2.75, 3.05) is 54.2 Å². The molecule has 2 aromatic carbocycles. The first-order chi connectivity index (χ1) is 14.7. The number of amides is 1. The predicted octanol–water partition coefficient (Wildman–Crippen LogP) is 2.44. The molecule has 1 heterocycles. The summed E-state index contributed by atoms with van der Waals surface area (Å²) in [5.74, 6) is 1.48. The SMILES string of the molecule is COc1ccc(CC(=O)N[C@H](CN2CCOCC2)c2ccccc2)c(OC)c1OC. The van der Waals surface area contributed by atoms with Crippen molar-refractivity contribution >= 4 is 5.91 Å². The molecular weight excluding hydrogens is 384 g/mol. The molecule has 1 saturated heterocycles. The Labute approximate surface area is 177 Å². The van der Waals surface area contributed by atoms with E-state index in [0.717, 1.165) is 44.0 Å². The van der Waals surface area contributed by atoms with E-state index in [4.69, 9.17) is 18.9 Å². The van der Waals surface area contributed by atoms with Gasteiger partial charge in [0.1, 0.15) is 0 Å². The van der Waals surface area contributed by atoms with Crippen molar-refractivity contribution in [3.05, 3.63) is 53.6 Å². The number of benzene rings is 2. The fourth-order valence-corrected chi connectivity index (χ4v) is 3.68. The number of rotatable bonds is 9. The first-order valence-electron chi connectivity index (χ1n) is 10.1. The number of hydrogen-bond donors (Lipinski definition) is 1. The van der Waals surface area contributed by atoms with E-state index >= 15 is 0 Å². The smallest absolute Gasteiger partial charge is 0.225 e. The summed E-state index contributed by atoms with van der Waals surface area (Å²) < 4.78 is 21.7. The molecule has 0 aromatic heterocycles. The first kappa shape index (κ1) is 21.9. The zero-order chi connectivity index (χ0) is 21.3. The Hall–Kier alpha value is -2.77. The van der Waals surface area contributed by atoms with Crippen LogP contribution in [0.15, 0.2) is 42.5 Å². The van der Waals surface area contributed by atoms with E-state index in [2.05, 4.69) is 10.2 Å². The zero-order valence-corrected chi connectivity index (χ0v) is 17.8. The van der Waals surface area contributed by atoms with Crippen LogP contribution in [-0.2, 0) is 16.0 Å². The number of hydrogen-bond acceptors (Lipinski definition) is 6. The van der Waals surface area contributed by atoms with Crippen LogP contribution in [0.3, 0.4) is 0 Å². The van der Waals surface area contributed by atoms with Gasteiger partial charge in [0.2, 0.25) is 11.7 Å². The van der Waals surface area contributed by atoms with Gasteiger partial charge in [0.25, 0.3) is 0 Å². The lowest BCUT2D eigenvalue weighted by atomic mass is 10.0. The molecule has 1 atom stereocenters. The summed E-state index contributed by atoms with van der Waals surface area (Å²) in [6.07, 6.45) is 0.177. The minimum atomic E-state index is -0.108. The van der Waals surface area contributed by atoms with E-state index in [9.17, 15) is 4.79 Å². The summed E-state index contributed by atoms with van der Waals surface area (Å²) in [5.41, 5.74) is 1.82. The number of nitrogens with one attached hydrogen (secondary N) is 1. The highest BCUT2D eigenvalue weighted by atomic mass is 16.5. The zero-order valence-electron chi connectivity index (χ0n) is 17.8. The van der Waals surface area contributed by atoms with E-state index in [1.807, 2.05) is 36.4 Å². The van der Waals surface area contributed by atoms with Crippen LogP contribution in [0.1, 0.15) is 17.2 Å². The van der Waals surface area contributed by atoms with Crippen molar-refractivity contribution in [1.82, 2.24) is 10.2 Å². The molecule has 0 spiro atoms. The minimum absolute atomic E-state index is 0.0809. The monoisotopic (exact) mass is 414 g/mol. The van der Waals surface area contributed by atoms with Crippen LogP contribution in [0.2, 0.25) is 0 Å². The van der Waals surface area contributed by atoms with Gasteiger partial charge in [0.15, 0.2) is 11.5 Å². The van der Waals surface area contributed by atoms with Gasteiger partial charge in [-0.3, -0.25) is 9.69 Å². The number of carbonyl (C=O) groups excluding carboxylic acids is 1. The topological polar surface area (TPSA) is 69.3 Å². The average molecular weight is 415 g/mol. The normalized spacial score (nSPS) is 15.3. The van der Waals surface area contributed by atoms with Gasteiger partial charge in [0, 0.05) is 25.2 Å². The highest BCUT2D eigenvalue weighted by Crippen LogP contribution is 2.39. The lowest BCUT2D eigenvalue weighted by Gasteiger charge is -2.31. The maximum Gasteiger partial charge on any atom is 0.225 e. The Morgan fingerprint density at radius 3 is 2.33 bits per heavy atom. The predicted molar refractivity (Wildman–Crippen MR) is 114 cm³/mol. The first-order valence-corrected chi connectivity index (χ1v) is 10.1. The quantitative estimate of drug-likeness (QED) is 0.680. The van der Waals surface area contributed by atoms with Gasteiger partial charge in [0.05, 0.1) is 47.0 Å². The standard InChI is InChI=1S/C23H30N2O5/c1-27-20-10-9-18(22(28-2)23(20)29-3)15-21(26)24-19(17-7-5-4-6-8-17)16-25-11-13-30-14-12-25/h4-10,19H,11-16H2,1-3H3,(H,24,26)/t19-/m1/s1. The molecule has 0 bridgehead atoms. The van der Waals surface area contributed by atoms with Gasteiger partial charge in [-0.05, 0) is 11.6 Å². The van der Waals surface area contributed by atoms with Crippen molar-refractivity contribution in [2.24, 2.45) is 0 Å². The lowest BCUT2D eigenvalue weighted by molar-refractivity contribution is -0.121. The number of carbonyl (C=O) groups is 1. The van der Waals surface area contributed by atoms with Crippen molar-refractivity contribution < 1.29 is 23.7 Å². The summed E-state index contributed by atoms with van der Waals surface area (Å²) in [5, 5.41) is 3.20. The van der Waals surface area contributed by atoms with Gasteiger partial charge < -0.3 is 24.3 Å². The summed E-state index contributed by atoms with van der Waals surface area (Å²) in [7, 11) is 4.68. The Morgan fingerprint density at radius 2 is 1.70 bits per heavy atom. The van der Waals surface area contributed by atoms with Gasteiger partial charge in [-0.1, -0.05) is 36.4 Å². The highest BCUT2D eigenvalue weighted by molar-refractivity contribution is 5.80. The molecule has 162 valence electrons. The van der Waals surface area contributed by atoms with Crippen molar-refractivity contribution in [3.8, 4) is 17.2 Å². The van der Waals surface area contributed by atoms with Crippen LogP contribution in [-0.4, -0.2) is 65.0 Å². The number of morpholine rings is 1. The van der Waals surface area contributed by atoms with Gasteiger partial charge >= 0.3 is 0 Å². The molecule has 0 radical (unpaired) electrons. The largest absolute Gasteiger partial charge is 0.493 e. The fourth-order valence-electron chi connectivity index (χ4n) is 3.68. The summed E-state index contributed by atoms with van der Waals surface area (Å²) in [6.45, 7) is 3.91. The van der Waals surface area contributed by atoms with E-state index in [-0.39, 0.29) is 18.4 Å². The van der Waals surface area contributed by atoms with E-state index in [0.29, 0.717) is 17.2 Å². The summed E-state index contributed by atoms with van der Waals surface area (Å²) >= 11 is 0. The maximum absolute atomic E-state index is 13.0. The molecule has 0 saturated carbocycles. The Balaban J connectivity index is 1.76. The Morgan fingerprint density at radius 1 is 1.00 bits per heavy atom. The van der Waals surface area contributed by atoms with Crippen LogP contribution in [0.25, 0.3) is 0 Å². The number of ether oxygens (including phenoxy) is 4.